The van der Waals surface area contributed by atoms with Gasteiger partial charge >= 0.3 is 13.2 Å². The number of amides is 1. The molecule has 0 saturated carbocycles. The van der Waals surface area contributed by atoms with Gasteiger partial charge in [-0.05, 0) is 38.7 Å². The molecule has 6 nitrogen and oxygen atoms in total. The summed E-state index contributed by atoms with van der Waals surface area (Å²) in [7, 11) is -0.415. The van der Waals surface area contributed by atoms with Crippen LogP contribution in [0.3, 0.4) is 0 Å². The van der Waals surface area contributed by atoms with Crippen molar-refractivity contribution in [2.75, 3.05) is 19.8 Å². The summed E-state index contributed by atoms with van der Waals surface area (Å²) in [5, 5.41) is 9.34. The fourth-order valence-electron chi connectivity index (χ4n) is 2.96. The molecule has 0 spiro atoms. The van der Waals surface area contributed by atoms with Crippen LogP contribution in [0, 0.1) is 0 Å². The van der Waals surface area contributed by atoms with Crippen LogP contribution in [0.5, 0.6) is 0 Å². The number of morpholine rings is 1. The Balaban J connectivity index is 1.78. The minimum Gasteiger partial charge on any atom is -0.465 e. The molecule has 0 radical (unpaired) electrons. The Labute approximate surface area is 142 Å². The number of carbonyl (C=O) groups is 1. The van der Waals surface area contributed by atoms with Crippen molar-refractivity contribution in [2.45, 2.75) is 44.9 Å². The monoisotopic (exact) mass is 333 g/mol. The van der Waals surface area contributed by atoms with Crippen LogP contribution < -0.4 is 5.46 Å². The fourth-order valence-corrected chi connectivity index (χ4v) is 2.96. The van der Waals surface area contributed by atoms with E-state index in [1.807, 2.05) is 52.0 Å². The lowest BCUT2D eigenvalue weighted by Gasteiger charge is -2.33. The van der Waals surface area contributed by atoms with E-state index in [1.54, 1.807) is 0 Å². The van der Waals surface area contributed by atoms with E-state index < -0.39 is 13.2 Å². The summed E-state index contributed by atoms with van der Waals surface area (Å²) in [6, 6.07) is 7.45. The zero-order valence-electron chi connectivity index (χ0n) is 14.6. The molecule has 2 heterocycles. The summed E-state index contributed by atoms with van der Waals surface area (Å²) >= 11 is 0. The van der Waals surface area contributed by atoms with Gasteiger partial charge in [0.05, 0.1) is 30.5 Å². The van der Waals surface area contributed by atoms with Crippen molar-refractivity contribution in [3.8, 4) is 0 Å². The Morgan fingerprint density at radius 3 is 2.29 bits per heavy atom. The Hall–Kier alpha value is -1.57. The van der Waals surface area contributed by atoms with Gasteiger partial charge in [0.25, 0.3) is 0 Å². The molecule has 2 aliphatic heterocycles. The van der Waals surface area contributed by atoms with E-state index in [9.17, 15) is 9.90 Å². The molecule has 2 fully saturated rings. The lowest BCUT2D eigenvalue weighted by atomic mass is 9.78. The molecule has 1 atom stereocenters. The highest BCUT2D eigenvalue weighted by Crippen LogP contribution is 2.36. The zero-order valence-corrected chi connectivity index (χ0v) is 14.6. The quantitative estimate of drug-likeness (QED) is 0.839. The summed E-state index contributed by atoms with van der Waals surface area (Å²) in [5.74, 6) is 0. The van der Waals surface area contributed by atoms with Crippen LogP contribution in [0.1, 0.15) is 39.3 Å². The van der Waals surface area contributed by atoms with E-state index in [-0.39, 0.29) is 17.2 Å². The Kier molecular flexibility index (Phi) is 4.36. The molecular formula is C17H24BNO5. The van der Waals surface area contributed by atoms with Crippen LogP contribution in [0.25, 0.3) is 0 Å². The second-order valence-corrected chi connectivity index (χ2v) is 7.32. The SMILES string of the molecule is CC1(C)OB(c2ccc(C3COCCN3C(=O)O)cc2)OC1(C)C. The molecule has 1 amide bonds. The molecule has 7 heteroatoms. The van der Waals surface area contributed by atoms with E-state index in [0.29, 0.717) is 19.8 Å². The van der Waals surface area contributed by atoms with Gasteiger partial charge in [0.15, 0.2) is 0 Å². The number of ether oxygens (including phenoxy) is 1. The van der Waals surface area contributed by atoms with Crippen LogP contribution in [0.15, 0.2) is 24.3 Å². The predicted octanol–water partition coefficient (Wildman–Crippen LogP) is 2.04. The van der Waals surface area contributed by atoms with Gasteiger partial charge in [-0.2, -0.15) is 0 Å². The second kappa shape index (κ2) is 6.06. The number of benzene rings is 1. The highest BCUT2D eigenvalue weighted by molar-refractivity contribution is 6.62. The summed E-state index contributed by atoms with van der Waals surface area (Å²) in [6.07, 6.45) is -0.918. The first-order valence-corrected chi connectivity index (χ1v) is 8.24. The van der Waals surface area contributed by atoms with Gasteiger partial charge in [0, 0.05) is 6.54 Å². The normalized spacial score (nSPS) is 25.8. The van der Waals surface area contributed by atoms with E-state index in [2.05, 4.69) is 0 Å². The first-order valence-electron chi connectivity index (χ1n) is 8.24. The molecule has 3 rings (SSSR count). The second-order valence-electron chi connectivity index (χ2n) is 7.32. The smallest absolute Gasteiger partial charge is 0.465 e. The zero-order chi connectivity index (χ0) is 17.5. The van der Waals surface area contributed by atoms with Crippen molar-refractivity contribution in [1.82, 2.24) is 4.90 Å². The van der Waals surface area contributed by atoms with E-state index >= 15 is 0 Å². The van der Waals surface area contributed by atoms with Crippen molar-refractivity contribution in [2.24, 2.45) is 0 Å². The van der Waals surface area contributed by atoms with Gasteiger partial charge in [0.1, 0.15) is 0 Å². The summed E-state index contributed by atoms with van der Waals surface area (Å²) in [6.45, 7) is 9.28. The summed E-state index contributed by atoms with van der Waals surface area (Å²) in [4.78, 5) is 12.8. The van der Waals surface area contributed by atoms with Crippen molar-refractivity contribution in [1.29, 1.82) is 0 Å². The van der Waals surface area contributed by atoms with Crippen LogP contribution in [0.2, 0.25) is 0 Å². The van der Waals surface area contributed by atoms with Gasteiger partial charge in [0.2, 0.25) is 0 Å². The van der Waals surface area contributed by atoms with Gasteiger partial charge in [-0.3, -0.25) is 4.90 Å². The Bertz CT molecular complexity index is 600. The molecular weight excluding hydrogens is 309 g/mol. The molecule has 2 saturated heterocycles. The third-order valence-electron chi connectivity index (χ3n) is 5.22. The molecule has 2 aliphatic rings. The topological polar surface area (TPSA) is 68.2 Å². The maximum atomic E-state index is 11.4. The van der Waals surface area contributed by atoms with Crippen LogP contribution in [-0.4, -0.2) is 54.2 Å². The Morgan fingerprint density at radius 2 is 1.75 bits per heavy atom. The highest BCUT2D eigenvalue weighted by atomic mass is 16.7. The fraction of sp³-hybridized carbons (Fsp3) is 0.588. The average Bonchev–Trinajstić information content (AvgIpc) is 2.75. The Morgan fingerprint density at radius 1 is 1.17 bits per heavy atom. The van der Waals surface area contributed by atoms with E-state index in [4.69, 9.17) is 14.0 Å². The molecule has 0 aliphatic carbocycles. The lowest BCUT2D eigenvalue weighted by molar-refractivity contribution is -0.000891. The molecule has 1 N–H and O–H groups in total. The van der Waals surface area contributed by atoms with Gasteiger partial charge < -0.3 is 19.2 Å². The highest BCUT2D eigenvalue weighted by Gasteiger charge is 2.51. The minimum atomic E-state index is -0.918. The molecule has 1 unspecified atom stereocenters. The third kappa shape index (κ3) is 3.03. The third-order valence-corrected chi connectivity index (χ3v) is 5.22. The minimum absolute atomic E-state index is 0.274. The number of rotatable bonds is 2. The van der Waals surface area contributed by atoms with Crippen molar-refractivity contribution < 1.29 is 23.9 Å². The van der Waals surface area contributed by atoms with Gasteiger partial charge in [-0.1, -0.05) is 24.3 Å². The number of carboxylic acid groups (broad SMARTS) is 1. The number of hydrogen-bond acceptors (Lipinski definition) is 4. The number of hydrogen-bond donors (Lipinski definition) is 1. The molecule has 0 bridgehead atoms. The van der Waals surface area contributed by atoms with E-state index in [1.165, 1.54) is 4.90 Å². The van der Waals surface area contributed by atoms with Crippen molar-refractivity contribution in [3.05, 3.63) is 29.8 Å². The van der Waals surface area contributed by atoms with Gasteiger partial charge in [-0.25, -0.2) is 4.79 Å². The predicted molar refractivity (Wildman–Crippen MR) is 90.4 cm³/mol. The first kappa shape index (κ1) is 17.3. The average molecular weight is 333 g/mol. The summed E-state index contributed by atoms with van der Waals surface area (Å²) in [5.41, 5.74) is 1.08. The maximum absolute atomic E-state index is 11.4. The molecule has 1 aromatic carbocycles. The maximum Gasteiger partial charge on any atom is 0.494 e. The molecule has 0 aromatic heterocycles. The lowest BCUT2D eigenvalue weighted by Crippen LogP contribution is -2.42. The van der Waals surface area contributed by atoms with Crippen LogP contribution in [-0.2, 0) is 14.0 Å². The van der Waals surface area contributed by atoms with Gasteiger partial charge in [-0.15, -0.1) is 0 Å². The summed E-state index contributed by atoms with van der Waals surface area (Å²) < 4.78 is 17.5. The van der Waals surface area contributed by atoms with Crippen LogP contribution >= 0.6 is 0 Å². The molecule has 24 heavy (non-hydrogen) atoms. The standard InChI is InChI=1S/C17H24BNO5/c1-16(2)17(3,4)24-18(23-16)13-7-5-12(6-8-13)14-11-22-10-9-19(14)15(20)21/h5-8,14H,9-11H2,1-4H3,(H,20,21). The van der Waals surface area contributed by atoms with E-state index in [0.717, 1.165) is 11.0 Å². The molecule has 130 valence electrons. The first-order chi connectivity index (χ1) is 11.2. The van der Waals surface area contributed by atoms with Crippen molar-refractivity contribution in [3.63, 3.8) is 0 Å². The van der Waals surface area contributed by atoms with Crippen LogP contribution in [0.4, 0.5) is 4.79 Å². The number of nitrogens with zero attached hydrogens (tertiary/aromatic N) is 1. The largest absolute Gasteiger partial charge is 0.494 e. The van der Waals surface area contributed by atoms with Crippen molar-refractivity contribution >= 4 is 18.7 Å². The molecule has 1 aromatic rings.